The summed E-state index contributed by atoms with van der Waals surface area (Å²) in [7, 11) is 3.24. The summed E-state index contributed by atoms with van der Waals surface area (Å²) in [6.07, 6.45) is 4.33. The smallest absolute Gasteiger partial charge is 0.350 e. The normalized spacial score (nSPS) is 17.1. The topological polar surface area (TPSA) is 132 Å². The molecule has 11 nitrogen and oxygen atoms in total. The first-order valence-electron chi connectivity index (χ1n) is 13.7. The number of esters is 1. The number of carbonyl (C=O) groups excluding carboxylic acids is 2. The molecule has 0 unspecified atom stereocenters. The minimum absolute atomic E-state index is 0.0475. The summed E-state index contributed by atoms with van der Waals surface area (Å²) in [5.74, 6) is 0.417. The second-order valence-electron chi connectivity index (χ2n) is 10.3. The highest BCUT2D eigenvalue weighted by Gasteiger charge is 2.32. The highest BCUT2D eigenvalue weighted by Crippen LogP contribution is 2.38. The Morgan fingerprint density at radius 2 is 1.93 bits per heavy atom. The number of ether oxygens (including phenoxy) is 3. The molecule has 2 N–H and O–H groups in total. The molecule has 0 spiro atoms. The van der Waals surface area contributed by atoms with Crippen LogP contribution in [-0.2, 0) is 14.2 Å². The van der Waals surface area contributed by atoms with Crippen molar-refractivity contribution in [3.8, 4) is 11.4 Å². The molecule has 1 fully saturated rings. The lowest BCUT2D eigenvalue weighted by Gasteiger charge is -2.36. The number of aryl methyl sites for hydroxylation is 1. The Kier molecular flexibility index (Phi) is 11.2. The molecule has 0 saturated carbocycles. The van der Waals surface area contributed by atoms with Gasteiger partial charge >= 0.3 is 5.97 Å². The number of Topliss-reactive ketones (excluding diaryl/α,β-unsaturated/α-hetero) is 1. The van der Waals surface area contributed by atoms with E-state index in [4.69, 9.17) is 42.4 Å². The van der Waals surface area contributed by atoms with Crippen LogP contribution in [0, 0.1) is 18.8 Å². The maximum atomic E-state index is 13.0. The number of ketones is 1. The minimum atomic E-state index is -0.453. The molecule has 0 bridgehead atoms. The third-order valence-corrected chi connectivity index (χ3v) is 9.24. The van der Waals surface area contributed by atoms with Crippen LogP contribution < -0.4 is 10.2 Å². The van der Waals surface area contributed by atoms with Gasteiger partial charge in [-0.25, -0.2) is 19.7 Å². The number of nitrogens with one attached hydrogen (secondary N) is 2. The number of H-pyrrole nitrogens is 1. The number of methoxy groups -OCH3 is 2. The van der Waals surface area contributed by atoms with Crippen LogP contribution in [0.15, 0.2) is 12.4 Å². The molecule has 4 heterocycles. The van der Waals surface area contributed by atoms with Crippen molar-refractivity contribution in [1.29, 1.82) is 0 Å². The number of thiazole rings is 1. The van der Waals surface area contributed by atoms with E-state index in [1.165, 1.54) is 11.3 Å². The molecular formula is C28H36Cl2N6O5S. The van der Waals surface area contributed by atoms with Crippen LogP contribution in [0.25, 0.3) is 11.4 Å². The van der Waals surface area contributed by atoms with Crippen molar-refractivity contribution < 1.29 is 23.8 Å². The number of anilines is 2. The Morgan fingerprint density at radius 1 is 1.19 bits per heavy atom. The first-order chi connectivity index (χ1) is 20.2. The number of halogens is 2. The Labute approximate surface area is 259 Å². The van der Waals surface area contributed by atoms with E-state index in [9.17, 15) is 9.59 Å². The fraction of sp³-hybridized carbons (Fsp3) is 0.536. The molecule has 2 atom stereocenters. The number of hydrogen-bond donors (Lipinski definition) is 2. The molecule has 0 amide bonds. The summed E-state index contributed by atoms with van der Waals surface area (Å²) in [6.45, 7) is 8.17. The summed E-state index contributed by atoms with van der Waals surface area (Å²) < 4.78 is 15.8. The van der Waals surface area contributed by atoms with Crippen LogP contribution in [0.5, 0.6) is 0 Å². The highest BCUT2D eigenvalue weighted by molar-refractivity contribution is 7.17. The SMILES string of the molecule is CCOC(=O)c1sc(N2CC[C@@H](CC(=O)c3[nH]c(C)c(Cl)c3Cl)[C@@H](C)C2)nc1-c1cnc(NC(COC)COC)cn1. The van der Waals surface area contributed by atoms with Gasteiger partial charge < -0.3 is 29.4 Å². The fourth-order valence-corrected chi connectivity index (χ4v) is 6.44. The number of aromatic nitrogens is 4. The number of carbonyl (C=O) groups is 2. The molecule has 1 aliphatic heterocycles. The van der Waals surface area contributed by atoms with Gasteiger partial charge in [-0.3, -0.25) is 4.79 Å². The number of hydrogen-bond acceptors (Lipinski definition) is 11. The lowest BCUT2D eigenvalue weighted by molar-refractivity contribution is 0.0532. The average molecular weight is 640 g/mol. The van der Waals surface area contributed by atoms with Gasteiger partial charge in [-0.1, -0.05) is 41.5 Å². The minimum Gasteiger partial charge on any atom is -0.462 e. The van der Waals surface area contributed by atoms with E-state index in [-0.39, 0.29) is 35.3 Å². The standard InChI is InChI=1S/C28H36Cl2N6O5S/c1-6-41-27(38)26-24(19-10-32-21(11-31-19)34-18(13-39-4)14-40-5)35-28(42-26)36-8-7-17(15(2)12-36)9-20(37)25-23(30)22(29)16(3)33-25/h10-11,15,17-18,33H,6-9,12-14H2,1-5H3,(H,32,34)/t15-,17-/m0/s1. The van der Waals surface area contributed by atoms with E-state index < -0.39 is 5.97 Å². The summed E-state index contributed by atoms with van der Waals surface area (Å²) in [5, 5.41) is 4.60. The predicted molar refractivity (Wildman–Crippen MR) is 164 cm³/mol. The third-order valence-electron chi connectivity index (χ3n) is 7.19. The van der Waals surface area contributed by atoms with Gasteiger partial charge in [0.25, 0.3) is 0 Å². The van der Waals surface area contributed by atoms with Crippen LogP contribution in [0.1, 0.15) is 52.5 Å². The third kappa shape index (κ3) is 7.41. The number of rotatable bonds is 13. The van der Waals surface area contributed by atoms with Crippen LogP contribution in [0.3, 0.4) is 0 Å². The average Bonchev–Trinajstić information content (AvgIpc) is 3.52. The van der Waals surface area contributed by atoms with Crippen molar-refractivity contribution in [3.63, 3.8) is 0 Å². The van der Waals surface area contributed by atoms with Crippen LogP contribution in [0.4, 0.5) is 10.9 Å². The van der Waals surface area contributed by atoms with Crippen LogP contribution in [-0.4, -0.2) is 84.9 Å². The summed E-state index contributed by atoms with van der Waals surface area (Å²) >= 11 is 13.7. The summed E-state index contributed by atoms with van der Waals surface area (Å²) in [6, 6.07) is -0.0944. The van der Waals surface area contributed by atoms with E-state index >= 15 is 0 Å². The molecule has 4 rings (SSSR count). The first-order valence-corrected chi connectivity index (χ1v) is 15.3. The van der Waals surface area contributed by atoms with Crippen molar-refractivity contribution in [3.05, 3.63) is 38.7 Å². The van der Waals surface area contributed by atoms with Gasteiger partial charge in [0.1, 0.15) is 27.8 Å². The van der Waals surface area contributed by atoms with Gasteiger partial charge in [-0.05, 0) is 32.1 Å². The Bertz CT molecular complexity index is 1380. The van der Waals surface area contributed by atoms with Crippen LogP contribution >= 0.6 is 34.5 Å². The maximum absolute atomic E-state index is 13.0. The largest absolute Gasteiger partial charge is 0.462 e. The van der Waals surface area contributed by atoms with E-state index in [1.807, 2.05) is 0 Å². The Balaban J connectivity index is 1.49. The van der Waals surface area contributed by atoms with Gasteiger partial charge in [0, 0.05) is 39.4 Å². The Hall–Kier alpha value is -2.77. The molecule has 14 heteroatoms. The van der Waals surface area contributed by atoms with Gasteiger partial charge in [0.05, 0.1) is 48.3 Å². The van der Waals surface area contributed by atoms with Gasteiger partial charge in [0.2, 0.25) is 0 Å². The molecule has 0 radical (unpaired) electrons. The zero-order valence-electron chi connectivity index (χ0n) is 24.3. The number of nitrogens with zero attached hydrogens (tertiary/aromatic N) is 4. The monoisotopic (exact) mass is 638 g/mol. The second-order valence-corrected chi connectivity index (χ2v) is 12.0. The van der Waals surface area contributed by atoms with Crippen LogP contribution in [0.2, 0.25) is 10.0 Å². The zero-order valence-corrected chi connectivity index (χ0v) is 26.7. The number of piperidine rings is 1. The van der Waals surface area contributed by atoms with Crippen molar-refractivity contribution >= 4 is 57.2 Å². The molecule has 228 valence electrons. The zero-order chi connectivity index (χ0) is 30.4. The highest BCUT2D eigenvalue weighted by atomic mass is 35.5. The van der Waals surface area contributed by atoms with E-state index in [1.54, 1.807) is 40.5 Å². The predicted octanol–water partition coefficient (Wildman–Crippen LogP) is 5.53. The van der Waals surface area contributed by atoms with Crippen molar-refractivity contribution in [2.24, 2.45) is 11.8 Å². The fourth-order valence-electron chi connectivity index (χ4n) is 5.00. The van der Waals surface area contributed by atoms with E-state index in [0.717, 1.165) is 6.42 Å². The molecule has 0 aromatic carbocycles. The van der Waals surface area contributed by atoms with E-state index in [0.29, 0.717) is 76.3 Å². The first kappa shape index (κ1) is 32.2. The number of aromatic amines is 1. The quantitative estimate of drug-likeness (QED) is 0.182. The molecule has 1 aliphatic rings. The Morgan fingerprint density at radius 3 is 2.50 bits per heavy atom. The van der Waals surface area contributed by atoms with E-state index in [2.05, 4.69) is 32.1 Å². The van der Waals surface area contributed by atoms with Gasteiger partial charge in [0.15, 0.2) is 10.9 Å². The van der Waals surface area contributed by atoms with Gasteiger partial charge in [-0.2, -0.15) is 0 Å². The van der Waals surface area contributed by atoms with Crippen molar-refractivity contribution in [2.45, 2.75) is 39.7 Å². The van der Waals surface area contributed by atoms with Gasteiger partial charge in [-0.15, -0.1) is 0 Å². The van der Waals surface area contributed by atoms with Crippen molar-refractivity contribution in [1.82, 2.24) is 19.9 Å². The molecule has 1 saturated heterocycles. The molecule has 0 aliphatic carbocycles. The summed E-state index contributed by atoms with van der Waals surface area (Å²) in [4.78, 5) is 45.3. The molecule has 3 aromatic rings. The summed E-state index contributed by atoms with van der Waals surface area (Å²) in [5.41, 5.74) is 1.94. The van der Waals surface area contributed by atoms with Crippen molar-refractivity contribution in [2.75, 3.05) is 57.3 Å². The maximum Gasteiger partial charge on any atom is 0.350 e. The molecule has 3 aromatic heterocycles. The lowest BCUT2D eigenvalue weighted by atomic mass is 9.83. The molecule has 42 heavy (non-hydrogen) atoms. The second kappa shape index (κ2) is 14.6. The lowest BCUT2D eigenvalue weighted by Crippen LogP contribution is -2.40. The molecular weight excluding hydrogens is 603 g/mol.